The van der Waals surface area contributed by atoms with Gasteiger partial charge in [0.15, 0.2) is 12.6 Å². The topological polar surface area (TPSA) is 112 Å². The Morgan fingerprint density at radius 3 is 2.76 bits per heavy atom. The quantitative estimate of drug-likeness (QED) is 0.158. The zero-order chi connectivity index (χ0) is 38.2. The molecule has 5 aliphatic rings. The molecule has 55 heavy (non-hydrogen) atoms. The molecule has 2 aromatic carbocycles. The lowest BCUT2D eigenvalue weighted by Gasteiger charge is -2.46. The molecule has 12 nitrogen and oxygen atoms in total. The first-order valence-electron chi connectivity index (χ1n) is 19.0. The van der Waals surface area contributed by atoms with Crippen molar-refractivity contribution in [3.63, 3.8) is 0 Å². The Morgan fingerprint density at radius 1 is 1.11 bits per heavy atom. The van der Waals surface area contributed by atoms with E-state index in [-0.39, 0.29) is 67.3 Å². The summed E-state index contributed by atoms with van der Waals surface area (Å²) in [5.41, 5.74) is -0.287. The zero-order valence-corrected chi connectivity index (χ0v) is 31.4. The lowest BCUT2D eigenvalue weighted by molar-refractivity contribution is 0.00537. The van der Waals surface area contributed by atoms with Gasteiger partial charge >= 0.3 is 12.1 Å². The minimum Gasteiger partial charge on any atom is -0.475 e. The fraction of sp³-hybridized carbons (Fsp3) is 0.512. The highest BCUT2D eigenvalue weighted by molar-refractivity contribution is 6.04. The van der Waals surface area contributed by atoms with Crippen LogP contribution in [-0.2, 0) is 9.47 Å². The number of terminal acetylenes is 1. The Balaban J connectivity index is 1.20. The maximum absolute atomic E-state index is 17.5. The summed E-state index contributed by atoms with van der Waals surface area (Å²) in [6.07, 6.45) is 8.25. The molecular weight excluding hydrogens is 710 g/mol. The lowest BCUT2D eigenvalue weighted by Crippen LogP contribution is -2.63. The molecule has 14 heteroatoms. The van der Waals surface area contributed by atoms with Crippen LogP contribution in [0.15, 0.2) is 30.3 Å². The highest BCUT2D eigenvalue weighted by Gasteiger charge is 2.52. The fourth-order valence-corrected chi connectivity index (χ4v) is 9.47. The Kier molecular flexibility index (Phi) is 8.65. The number of pyridine rings is 1. The largest absolute Gasteiger partial charge is 0.475 e. The molecule has 0 aliphatic carbocycles. The van der Waals surface area contributed by atoms with E-state index in [2.05, 4.69) is 15.7 Å². The van der Waals surface area contributed by atoms with Gasteiger partial charge in [0.05, 0.1) is 23.7 Å². The molecule has 7 heterocycles. The van der Waals surface area contributed by atoms with Crippen LogP contribution in [0.2, 0.25) is 0 Å². The normalized spacial score (nSPS) is 25.7. The van der Waals surface area contributed by atoms with E-state index >= 15 is 4.39 Å². The van der Waals surface area contributed by atoms with Crippen LogP contribution in [-0.4, -0.2) is 113 Å². The number of hydrogen-bond acceptors (Lipinski definition) is 11. The zero-order valence-electron chi connectivity index (χ0n) is 31.4. The SMILES string of the molecule is C#Cc1cccc2cc(OCOC)cc(-c3nc4c5c(nc(OC[C@@]67CCCN6C[C@H](F)C7)nc5c3F)N3CC5CCC(C3CO4)N5C(=O)OC(C)(C)C)c12. The van der Waals surface area contributed by atoms with E-state index in [1.807, 2.05) is 43.9 Å². The molecule has 3 unspecified atom stereocenters. The molecule has 9 rings (SSSR count). The van der Waals surface area contributed by atoms with Crippen LogP contribution < -0.4 is 19.1 Å². The second-order valence-corrected chi connectivity index (χ2v) is 16.3. The molecule has 2 bridgehead atoms. The van der Waals surface area contributed by atoms with Crippen LogP contribution in [0, 0.1) is 18.2 Å². The van der Waals surface area contributed by atoms with Gasteiger partial charge in [0.25, 0.3) is 0 Å². The molecule has 4 aromatic rings. The van der Waals surface area contributed by atoms with Crippen LogP contribution in [0.5, 0.6) is 17.6 Å². The van der Waals surface area contributed by atoms with E-state index in [4.69, 9.17) is 45.1 Å². The smallest absolute Gasteiger partial charge is 0.410 e. The molecule has 2 aromatic heterocycles. The number of alkyl halides is 1. The van der Waals surface area contributed by atoms with Crippen molar-refractivity contribution in [2.24, 2.45) is 0 Å². The summed E-state index contributed by atoms with van der Waals surface area (Å²) in [5.74, 6) is 3.01. The molecular formula is C41H44F2N6O6. The first-order chi connectivity index (χ1) is 26.5. The first-order valence-corrected chi connectivity index (χ1v) is 19.0. The number of amides is 1. The van der Waals surface area contributed by atoms with Crippen LogP contribution in [0.25, 0.3) is 32.9 Å². The second kappa shape index (κ2) is 13.3. The van der Waals surface area contributed by atoms with Gasteiger partial charge in [0.1, 0.15) is 53.2 Å². The number of piperazine rings is 1. The Hall–Kier alpha value is -5.00. The van der Waals surface area contributed by atoms with Crippen LogP contribution in [0.3, 0.4) is 0 Å². The van der Waals surface area contributed by atoms with Gasteiger partial charge in [-0.25, -0.2) is 18.6 Å². The van der Waals surface area contributed by atoms with Gasteiger partial charge in [-0.2, -0.15) is 9.97 Å². The third-order valence-electron chi connectivity index (χ3n) is 11.7. The van der Waals surface area contributed by atoms with Crippen molar-refractivity contribution < 1.29 is 37.3 Å². The van der Waals surface area contributed by atoms with Crippen LogP contribution in [0.4, 0.5) is 19.4 Å². The van der Waals surface area contributed by atoms with Crippen molar-refractivity contribution in [3.8, 4) is 41.2 Å². The van der Waals surface area contributed by atoms with Crippen molar-refractivity contribution in [3.05, 3.63) is 41.7 Å². The monoisotopic (exact) mass is 754 g/mol. The number of anilines is 1. The summed E-state index contributed by atoms with van der Waals surface area (Å²) in [6, 6.07) is 8.18. The highest BCUT2D eigenvalue weighted by atomic mass is 19.1. The number of carbonyl (C=O) groups is 1. The summed E-state index contributed by atoms with van der Waals surface area (Å²) in [6.45, 7) is 7.40. The average molecular weight is 755 g/mol. The minimum atomic E-state index is -0.944. The average Bonchev–Trinajstić information content (AvgIpc) is 3.76. The number of benzene rings is 2. The van der Waals surface area contributed by atoms with E-state index in [1.54, 1.807) is 12.1 Å². The fourth-order valence-electron chi connectivity index (χ4n) is 9.47. The lowest BCUT2D eigenvalue weighted by atomic mass is 9.95. The molecule has 0 spiro atoms. The highest BCUT2D eigenvalue weighted by Crippen LogP contribution is 2.47. The van der Waals surface area contributed by atoms with Crippen LogP contribution in [0.1, 0.15) is 58.4 Å². The number of halogens is 2. The molecule has 0 saturated carbocycles. The number of ether oxygens (including phenoxy) is 5. The Bertz CT molecular complexity index is 2240. The van der Waals surface area contributed by atoms with Gasteiger partial charge in [-0.3, -0.25) is 9.80 Å². The van der Waals surface area contributed by atoms with Crippen molar-refractivity contribution in [2.45, 2.75) is 88.3 Å². The van der Waals surface area contributed by atoms with Crippen molar-refractivity contribution in [1.29, 1.82) is 0 Å². The third-order valence-corrected chi connectivity index (χ3v) is 11.7. The second-order valence-electron chi connectivity index (χ2n) is 16.3. The van der Waals surface area contributed by atoms with Gasteiger partial charge in [-0.15, -0.1) is 6.42 Å². The number of rotatable bonds is 7. The molecule has 0 N–H and O–H groups in total. The van der Waals surface area contributed by atoms with Crippen molar-refractivity contribution in [1.82, 2.24) is 24.8 Å². The molecule has 5 atom stereocenters. The Labute approximate surface area is 318 Å². The molecule has 0 radical (unpaired) electrons. The van der Waals surface area contributed by atoms with E-state index in [1.165, 1.54) is 7.11 Å². The molecule has 1 amide bonds. The maximum Gasteiger partial charge on any atom is 0.410 e. The summed E-state index contributed by atoms with van der Waals surface area (Å²) < 4.78 is 62.1. The predicted octanol–water partition coefficient (Wildman–Crippen LogP) is 6.25. The number of carbonyl (C=O) groups excluding carboxylic acids is 1. The van der Waals surface area contributed by atoms with E-state index in [9.17, 15) is 9.18 Å². The first kappa shape index (κ1) is 35.7. The van der Waals surface area contributed by atoms with Gasteiger partial charge in [-0.1, -0.05) is 18.1 Å². The van der Waals surface area contributed by atoms with E-state index < -0.39 is 23.1 Å². The maximum atomic E-state index is 17.5. The summed E-state index contributed by atoms with van der Waals surface area (Å²) in [7, 11) is 1.52. The van der Waals surface area contributed by atoms with Crippen molar-refractivity contribution >= 4 is 33.6 Å². The third kappa shape index (κ3) is 6.03. The predicted molar refractivity (Wildman–Crippen MR) is 201 cm³/mol. The van der Waals surface area contributed by atoms with Crippen LogP contribution >= 0.6 is 0 Å². The standard InChI is InChI=1S/C41H44F2N6O6/c1-6-23-9-7-10-24-15-27(54-22-51-5)16-28(31(23)24)34-33(43)35-32-36(46-38(45-35)53-21-41-13-8-14-47(41)18-25(42)17-41)48-19-26-11-12-29(30(48)20-52-37(32)44-34)49(26)39(50)55-40(2,3)4/h1,7,9-10,15-16,25-26,29-30H,8,11-14,17-22H2,2-5H3/t25-,26?,29?,30?,41+/m1/s1. The number of aromatic nitrogens is 3. The number of methoxy groups -OCH3 is 1. The number of fused-ring (bicyclic) bond motifs is 7. The summed E-state index contributed by atoms with van der Waals surface area (Å²) >= 11 is 0. The summed E-state index contributed by atoms with van der Waals surface area (Å²) in [4.78, 5) is 34.2. The number of nitrogens with zero attached hydrogens (tertiary/aromatic N) is 6. The molecule has 4 saturated heterocycles. The molecule has 5 aliphatic heterocycles. The van der Waals surface area contributed by atoms with Gasteiger partial charge in [0, 0.05) is 43.1 Å². The molecule has 4 fully saturated rings. The number of hydrogen-bond donors (Lipinski definition) is 0. The summed E-state index contributed by atoms with van der Waals surface area (Å²) in [5, 5.41) is 1.63. The van der Waals surface area contributed by atoms with Gasteiger partial charge < -0.3 is 28.6 Å². The van der Waals surface area contributed by atoms with Crippen molar-refractivity contribution in [2.75, 3.05) is 51.7 Å². The van der Waals surface area contributed by atoms with Gasteiger partial charge in [-0.05, 0) is 76.6 Å². The van der Waals surface area contributed by atoms with E-state index in [0.29, 0.717) is 53.0 Å². The Morgan fingerprint density at radius 2 is 1.96 bits per heavy atom. The van der Waals surface area contributed by atoms with E-state index in [0.717, 1.165) is 37.6 Å². The molecule has 288 valence electrons. The minimum absolute atomic E-state index is 0.0260. The van der Waals surface area contributed by atoms with Gasteiger partial charge in [0.2, 0.25) is 5.88 Å².